The first kappa shape index (κ1) is 10.5. The Morgan fingerprint density at radius 1 is 1.46 bits per heavy atom. The maximum absolute atomic E-state index is 9.61. The zero-order chi connectivity index (χ0) is 10.0. The standard InChI is InChI=1S/C10H14ClNO/c1-6-3-4-8(11)10(7(6)2)9(13)5-12/h3-4,9,13H,5,12H2,1-2H3. The highest BCUT2D eigenvalue weighted by Gasteiger charge is 2.13. The Morgan fingerprint density at radius 2 is 2.08 bits per heavy atom. The fourth-order valence-electron chi connectivity index (χ4n) is 1.33. The predicted molar refractivity (Wildman–Crippen MR) is 54.9 cm³/mol. The lowest BCUT2D eigenvalue weighted by atomic mass is 9.99. The number of aliphatic hydroxyl groups excluding tert-OH is 1. The first-order valence-electron chi connectivity index (χ1n) is 4.21. The maximum atomic E-state index is 9.61. The molecule has 2 nitrogen and oxygen atoms in total. The van der Waals surface area contributed by atoms with E-state index in [2.05, 4.69) is 0 Å². The minimum Gasteiger partial charge on any atom is -0.387 e. The average Bonchev–Trinajstić information content (AvgIpc) is 2.12. The maximum Gasteiger partial charge on any atom is 0.0929 e. The van der Waals surface area contributed by atoms with Crippen LogP contribution in [0.15, 0.2) is 12.1 Å². The molecule has 0 fully saturated rings. The number of rotatable bonds is 2. The van der Waals surface area contributed by atoms with Gasteiger partial charge in [0, 0.05) is 17.1 Å². The van der Waals surface area contributed by atoms with Crippen molar-refractivity contribution in [3.05, 3.63) is 33.8 Å². The van der Waals surface area contributed by atoms with E-state index in [0.29, 0.717) is 5.02 Å². The number of aliphatic hydroxyl groups is 1. The largest absolute Gasteiger partial charge is 0.387 e. The van der Waals surface area contributed by atoms with E-state index in [-0.39, 0.29) is 6.54 Å². The first-order valence-corrected chi connectivity index (χ1v) is 4.59. The number of halogens is 1. The van der Waals surface area contributed by atoms with E-state index in [4.69, 9.17) is 17.3 Å². The molecule has 3 N–H and O–H groups in total. The summed E-state index contributed by atoms with van der Waals surface area (Å²) in [4.78, 5) is 0. The highest BCUT2D eigenvalue weighted by atomic mass is 35.5. The molecule has 0 aromatic heterocycles. The SMILES string of the molecule is Cc1ccc(Cl)c(C(O)CN)c1C. The van der Waals surface area contributed by atoms with Gasteiger partial charge in [0.25, 0.3) is 0 Å². The number of hydrogen-bond acceptors (Lipinski definition) is 2. The molecular weight excluding hydrogens is 186 g/mol. The smallest absolute Gasteiger partial charge is 0.0929 e. The van der Waals surface area contributed by atoms with E-state index in [1.54, 1.807) is 6.07 Å². The molecule has 72 valence electrons. The molecule has 3 heteroatoms. The molecule has 13 heavy (non-hydrogen) atoms. The number of nitrogens with two attached hydrogens (primary N) is 1. The van der Waals surface area contributed by atoms with Crippen LogP contribution in [-0.4, -0.2) is 11.7 Å². The van der Waals surface area contributed by atoms with Crippen LogP contribution in [0.4, 0.5) is 0 Å². The lowest BCUT2D eigenvalue weighted by Gasteiger charge is -2.15. The van der Waals surface area contributed by atoms with Gasteiger partial charge in [-0.2, -0.15) is 0 Å². The molecule has 1 unspecified atom stereocenters. The molecule has 0 radical (unpaired) electrons. The molecule has 0 heterocycles. The zero-order valence-corrected chi connectivity index (χ0v) is 8.60. The van der Waals surface area contributed by atoms with Crippen molar-refractivity contribution in [2.75, 3.05) is 6.54 Å². The quantitative estimate of drug-likeness (QED) is 0.765. The minimum absolute atomic E-state index is 0.198. The predicted octanol–water partition coefficient (Wildman–Crippen LogP) is 1.95. The first-order chi connectivity index (χ1) is 6.07. The summed E-state index contributed by atoms with van der Waals surface area (Å²) in [5.41, 5.74) is 8.27. The molecule has 0 aliphatic carbocycles. The molecular formula is C10H14ClNO. The van der Waals surface area contributed by atoms with E-state index < -0.39 is 6.10 Å². The van der Waals surface area contributed by atoms with Crippen molar-refractivity contribution in [3.8, 4) is 0 Å². The second kappa shape index (κ2) is 4.09. The van der Waals surface area contributed by atoms with Crippen molar-refractivity contribution >= 4 is 11.6 Å². The molecule has 1 rings (SSSR count). The Labute approximate surface area is 83.3 Å². The third-order valence-corrected chi connectivity index (χ3v) is 2.62. The Bertz CT molecular complexity index is 312. The van der Waals surface area contributed by atoms with Crippen LogP contribution < -0.4 is 5.73 Å². The molecule has 0 spiro atoms. The summed E-state index contributed by atoms with van der Waals surface area (Å²) in [6, 6.07) is 3.72. The van der Waals surface area contributed by atoms with Gasteiger partial charge in [0.05, 0.1) is 6.10 Å². The fraction of sp³-hybridized carbons (Fsp3) is 0.400. The van der Waals surface area contributed by atoms with Crippen molar-refractivity contribution in [1.82, 2.24) is 0 Å². The minimum atomic E-state index is -0.660. The van der Waals surface area contributed by atoms with Crippen molar-refractivity contribution in [2.45, 2.75) is 20.0 Å². The number of hydrogen-bond donors (Lipinski definition) is 2. The van der Waals surface area contributed by atoms with Gasteiger partial charge < -0.3 is 10.8 Å². The summed E-state index contributed by atoms with van der Waals surface area (Å²) in [5, 5.41) is 10.2. The van der Waals surface area contributed by atoms with Gasteiger partial charge in [0.2, 0.25) is 0 Å². The normalized spacial score (nSPS) is 13.0. The monoisotopic (exact) mass is 199 g/mol. The van der Waals surface area contributed by atoms with Gasteiger partial charge in [0.15, 0.2) is 0 Å². The molecule has 0 saturated heterocycles. The van der Waals surface area contributed by atoms with Gasteiger partial charge in [-0.1, -0.05) is 17.7 Å². The third kappa shape index (κ3) is 2.02. The molecule has 1 aromatic carbocycles. The molecule has 0 amide bonds. The Morgan fingerprint density at radius 3 is 2.62 bits per heavy atom. The van der Waals surface area contributed by atoms with Gasteiger partial charge in [-0.3, -0.25) is 0 Å². The van der Waals surface area contributed by atoms with Gasteiger partial charge in [-0.05, 0) is 31.0 Å². The van der Waals surface area contributed by atoms with E-state index in [1.807, 2.05) is 19.9 Å². The summed E-state index contributed by atoms with van der Waals surface area (Å²) < 4.78 is 0. The van der Waals surface area contributed by atoms with Gasteiger partial charge in [-0.25, -0.2) is 0 Å². The van der Waals surface area contributed by atoms with Gasteiger partial charge >= 0.3 is 0 Å². The van der Waals surface area contributed by atoms with Crippen molar-refractivity contribution in [1.29, 1.82) is 0 Å². The van der Waals surface area contributed by atoms with Gasteiger partial charge in [0.1, 0.15) is 0 Å². The molecule has 0 saturated carbocycles. The van der Waals surface area contributed by atoms with Crippen LogP contribution in [0.1, 0.15) is 22.8 Å². The molecule has 1 atom stereocenters. The average molecular weight is 200 g/mol. The summed E-state index contributed by atoms with van der Waals surface area (Å²) >= 11 is 5.96. The topological polar surface area (TPSA) is 46.2 Å². The van der Waals surface area contributed by atoms with Crippen LogP contribution in [0.3, 0.4) is 0 Å². The molecule has 0 bridgehead atoms. The van der Waals surface area contributed by atoms with Crippen molar-refractivity contribution < 1.29 is 5.11 Å². The van der Waals surface area contributed by atoms with E-state index in [9.17, 15) is 5.11 Å². The summed E-state index contributed by atoms with van der Waals surface area (Å²) in [6.07, 6.45) is -0.660. The lowest BCUT2D eigenvalue weighted by molar-refractivity contribution is 0.186. The molecule has 1 aromatic rings. The zero-order valence-electron chi connectivity index (χ0n) is 7.84. The highest BCUT2D eigenvalue weighted by molar-refractivity contribution is 6.31. The Hall–Kier alpha value is -0.570. The second-order valence-corrected chi connectivity index (χ2v) is 3.56. The van der Waals surface area contributed by atoms with Crippen LogP contribution in [0.2, 0.25) is 5.02 Å². The Balaban J connectivity index is 3.25. The molecule has 0 aliphatic heterocycles. The second-order valence-electron chi connectivity index (χ2n) is 3.15. The van der Waals surface area contributed by atoms with Crippen LogP contribution in [0, 0.1) is 13.8 Å². The Kier molecular flexibility index (Phi) is 3.31. The van der Waals surface area contributed by atoms with Crippen LogP contribution in [0.25, 0.3) is 0 Å². The van der Waals surface area contributed by atoms with Crippen LogP contribution >= 0.6 is 11.6 Å². The molecule has 0 aliphatic rings. The number of aryl methyl sites for hydroxylation is 1. The summed E-state index contributed by atoms with van der Waals surface area (Å²) in [6.45, 7) is 4.12. The van der Waals surface area contributed by atoms with Crippen LogP contribution in [-0.2, 0) is 0 Å². The van der Waals surface area contributed by atoms with Crippen molar-refractivity contribution in [3.63, 3.8) is 0 Å². The summed E-state index contributed by atoms with van der Waals surface area (Å²) in [5.74, 6) is 0. The van der Waals surface area contributed by atoms with E-state index in [0.717, 1.165) is 16.7 Å². The van der Waals surface area contributed by atoms with Crippen LogP contribution in [0.5, 0.6) is 0 Å². The van der Waals surface area contributed by atoms with Crippen molar-refractivity contribution in [2.24, 2.45) is 5.73 Å². The number of benzene rings is 1. The summed E-state index contributed by atoms with van der Waals surface area (Å²) in [7, 11) is 0. The van der Waals surface area contributed by atoms with E-state index in [1.165, 1.54) is 0 Å². The third-order valence-electron chi connectivity index (χ3n) is 2.29. The lowest BCUT2D eigenvalue weighted by Crippen LogP contribution is -2.13. The van der Waals surface area contributed by atoms with E-state index >= 15 is 0 Å². The fourth-order valence-corrected chi connectivity index (χ4v) is 1.66. The van der Waals surface area contributed by atoms with Gasteiger partial charge in [-0.15, -0.1) is 0 Å². The highest BCUT2D eigenvalue weighted by Crippen LogP contribution is 2.27.